The highest BCUT2D eigenvalue weighted by Crippen LogP contribution is 2.29. The quantitative estimate of drug-likeness (QED) is 0.678. The molecule has 1 aromatic carbocycles. The van der Waals surface area contributed by atoms with Crippen LogP contribution in [0.1, 0.15) is 15.9 Å². The van der Waals surface area contributed by atoms with Gasteiger partial charge in [0.1, 0.15) is 0 Å². The lowest BCUT2D eigenvalue weighted by atomic mass is 10.1. The Labute approximate surface area is 149 Å². The zero-order valence-corrected chi connectivity index (χ0v) is 14.7. The van der Waals surface area contributed by atoms with Crippen molar-refractivity contribution < 1.29 is 14.3 Å². The number of anilines is 1. The van der Waals surface area contributed by atoms with Crippen LogP contribution in [0.4, 0.5) is 5.13 Å². The third-order valence-electron chi connectivity index (χ3n) is 3.59. The van der Waals surface area contributed by atoms with Crippen molar-refractivity contribution in [1.82, 2.24) is 9.97 Å². The van der Waals surface area contributed by atoms with Crippen LogP contribution in [0.25, 0.3) is 0 Å². The molecule has 3 aromatic rings. The molecule has 25 heavy (non-hydrogen) atoms. The van der Waals surface area contributed by atoms with Crippen LogP contribution in [0.2, 0.25) is 0 Å². The number of hydrogen-bond donors (Lipinski definition) is 0. The smallest absolute Gasteiger partial charge is 0.261 e. The number of ether oxygens (including phenoxy) is 2. The normalized spacial score (nSPS) is 10.3. The molecule has 0 bridgehead atoms. The molecule has 128 valence electrons. The Kier molecular flexibility index (Phi) is 5.25. The van der Waals surface area contributed by atoms with Crippen molar-refractivity contribution in [3.8, 4) is 11.5 Å². The molecule has 0 atom stereocenters. The summed E-state index contributed by atoms with van der Waals surface area (Å²) >= 11 is 1.41. The third kappa shape index (κ3) is 3.77. The minimum Gasteiger partial charge on any atom is -0.493 e. The maximum Gasteiger partial charge on any atom is 0.261 e. The molecule has 2 aromatic heterocycles. The number of carbonyl (C=O) groups excluding carboxylic acids is 1. The van der Waals surface area contributed by atoms with Gasteiger partial charge in [0.25, 0.3) is 5.91 Å². The monoisotopic (exact) mass is 355 g/mol. The van der Waals surface area contributed by atoms with Gasteiger partial charge in [-0.3, -0.25) is 14.7 Å². The van der Waals surface area contributed by atoms with E-state index in [4.69, 9.17) is 9.47 Å². The summed E-state index contributed by atoms with van der Waals surface area (Å²) in [5, 5.41) is 2.47. The summed E-state index contributed by atoms with van der Waals surface area (Å²) in [4.78, 5) is 22.9. The summed E-state index contributed by atoms with van der Waals surface area (Å²) in [5.41, 5.74) is 1.42. The van der Waals surface area contributed by atoms with Crippen molar-refractivity contribution >= 4 is 22.4 Å². The average molecular weight is 355 g/mol. The van der Waals surface area contributed by atoms with Crippen LogP contribution in [0, 0.1) is 0 Å². The molecule has 0 unspecified atom stereocenters. The van der Waals surface area contributed by atoms with Gasteiger partial charge in [0.2, 0.25) is 0 Å². The lowest BCUT2D eigenvalue weighted by Gasteiger charge is -2.20. The molecule has 0 N–H and O–H groups in total. The third-order valence-corrected chi connectivity index (χ3v) is 4.39. The van der Waals surface area contributed by atoms with E-state index < -0.39 is 0 Å². The van der Waals surface area contributed by atoms with Gasteiger partial charge in [0, 0.05) is 24.0 Å². The lowest BCUT2D eigenvalue weighted by Crippen LogP contribution is -2.30. The number of amides is 1. The van der Waals surface area contributed by atoms with Crippen LogP contribution >= 0.6 is 11.3 Å². The van der Waals surface area contributed by atoms with E-state index in [2.05, 4.69) is 9.97 Å². The minimum absolute atomic E-state index is 0.155. The number of benzene rings is 1. The van der Waals surface area contributed by atoms with Crippen molar-refractivity contribution in [2.75, 3.05) is 19.1 Å². The Bertz CT molecular complexity index is 838. The molecule has 0 aliphatic rings. The predicted molar refractivity (Wildman–Crippen MR) is 96.4 cm³/mol. The fraction of sp³-hybridized carbons (Fsp3) is 0.167. The van der Waals surface area contributed by atoms with Gasteiger partial charge >= 0.3 is 0 Å². The topological polar surface area (TPSA) is 64.5 Å². The van der Waals surface area contributed by atoms with E-state index in [1.54, 1.807) is 49.8 Å². The molecule has 0 fully saturated rings. The lowest BCUT2D eigenvalue weighted by molar-refractivity contribution is 0.0984. The number of hydrogen-bond acceptors (Lipinski definition) is 6. The van der Waals surface area contributed by atoms with Crippen molar-refractivity contribution in [3.05, 3.63) is 65.4 Å². The van der Waals surface area contributed by atoms with Gasteiger partial charge in [-0.2, -0.15) is 0 Å². The van der Waals surface area contributed by atoms with Gasteiger partial charge in [-0.25, -0.2) is 4.98 Å². The number of rotatable bonds is 6. The second kappa shape index (κ2) is 7.76. The minimum atomic E-state index is -0.155. The maximum absolute atomic E-state index is 12.9. The molecule has 1 amide bonds. The van der Waals surface area contributed by atoms with E-state index in [-0.39, 0.29) is 5.91 Å². The number of pyridine rings is 1. The summed E-state index contributed by atoms with van der Waals surface area (Å²) in [6, 6.07) is 9.06. The van der Waals surface area contributed by atoms with E-state index in [1.165, 1.54) is 11.3 Å². The van der Waals surface area contributed by atoms with E-state index in [1.807, 2.05) is 23.6 Å². The Morgan fingerprint density at radius 3 is 2.64 bits per heavy atom. The van der Waals surface area contributed by atoms with Crippen LogP contribution in [0.3, 0.4) is 0 Å². The number of aromatic nitrogens is 2. The first-order valence-corrected chi connectivity index (χ1v) is 8.43. The zero-order chi connectivity index (χ0) is 17.6. The van der Waals surface area contributed by atoms with E-state index >= 15 is 0 Å². The number of methoxy groups -OCH3 is 2. The maximum atomic E-state index is 12.9. The Balaban J connectivity index is 1.93. The van der Waals surface area contributed by atoms with Gasteiger partial charge in [-0.1, -0.05) is 6.07 Å². The van der Waals surface area contributed by atoms with Crippen molar-refractivity contribution in [2.45, 2.75) is 6.54 Å². The summed E-state index contributed by atoms with van der Waals surface area (Å²) < 4.78 is 10.6. The summed E-state index contributed by atoms with van der Waals surface area (Å²) in [6.45, 7) is 0.363. The molecule has 0 saturated heterocycles. The first-order chi connectivity index (χ1) is 12.2. The highest BCUT2D eigenvalue weighted by Gasteiger charge is 2.21. The summed E-state index contributed by atoms with van der Waals surface area (Å²) in [7, 11) is 3.17. The van der Waals surface area contributed by atoms with Crippen LogP contribution in [-0.2, 0) is 6.54 Å². The molecule has 0 spiro atoms. The standard InChI is InChI=1S/C18H17N3O3S/c1-23-15-6-5-13(10-16(15)24-2)12-21(18-20-8-9-25-18)17(22)14-4-3-7-19-11-14/h3-11H,12H2,1-2H3. The average Bonchev–Trinajstić information content (AvgIpc) is 3.20. The van der Waals surface area contributed by atoms with Crippen molar-refractivity contribution in [2.24, 2.45) is 0 Å². The van der Waals surface area contributed by atoms with E-state index in [9.17, 15) is 4.79 Å². The van der Waals surface area contributed by atoms with Crippen molar-refractivity contribution in [1.29, 1.82) is 0 Å². The highest BCUT2D eigenvalue weighted by molar-refractivity contribution is 7.13. The van der Waals surface area contributed by atoms with Crippen LogP contribution in [0.15, 0.2) is 54.3 Å². The van der Waals surface area contributed by atoms with Gasteiger partial charge < -0.3 is 9.47 Å². The Hall–Kier alpha value is -2.93. The SMILES string of the molecule is COc1ccc(CN(C(=O)c2cccnc2)c2nccs2)cc1OC. The Morgan fingerprint density at radius 1 is 1.16 bits per heavy atom. The first kappa shape index (κ1) is 16.9. The fourth-order valence-electron chi connectivity index (χ4n) is 2.38. The summed E-state index contributed by atoms with van der Waals surface area (Å²) in [6.07, 6.45) is 4.87. The predicted octanol–water partition coefficient (Wildman–Crippen LogP) is 3.40. The molecule has 6 nitrogen and oxygen atoms in total. The van der Waals surface area contributed by atoms with Crippen LogP contribution in [0.5, 0.6) is 11.5 Å². The van der Waals surface area contributed by atoms with Crippen LogP contribution in [-0.4, -0.2) is 30.1 Å². The van der Waals surface area contributed by atoms with Gasteiger partial charge in [0.15, 0.2) is 16.6 Å². The molecule has 0 radical (unpaired) electrons. The molecule has 7 heteroatoms. The molecule has 2 heterocycles. The second-order valence-electron chi connectivity index (χ2n) is 5.14. The van der Waals surface area contributed by atoms with Gasteiger partial charge in [-0.05, 0) is 29.8 Å². The second-order valence-corrected chi connectivity index (χ2v) is 6.01. The highest BCUT2D eigenvalue weighted by atomic mass is 32.1. The summed E-state index contributed by atoms with van der Waals surface area (Å²) in [5.74, 6) is 1.11. The molecule has 0 aliphatic heterocycles. The zero-order valence-electron chi connectivity index (χ0n) is 13.9. The molecular weight excluding hydrogens is 338 g/mol. The number of thiazole rings is 1. The van der Waals surface area contributed by atoms with E-state index in [0.717, 1.165) is 5.56 Å². The van der Waals surface area contributed by atoms with Gasteiger partial charge in [-0.15, -0.1) is 11.3 Å². The molecular formula is C18H17N3O3S. The Morgan fingerprint density at radius 2 is 2.00 bits per heavy atom. The molecule has 0 aliphatic carbocycles. The van der Waals surface area contributed by atoms with Gasteiger partial charge in [0.05, 0.1) is 26.3 Å². The molecule has 0 saturated carbocycles. The van der Waals surface area contributed by atoms with Crippen molar-refractivity contribution in [3.63, 3.8) is 0 Å². The van der Waals surface area contributed by atoms with Crippen LogP contribution < -0.4 is 14.4 Å². The number of nitrogens with zero attached hydrogens (tertiary/aromatic N) is 3. The molecule has 3 rings (SSSR count). The first-order valence-electron chi connectivity index (χ1n) is 7.55. The fourth-order valence-corrected chi connectivity index (χ4v) is 3.02. The largest absolute Gasteiger partial charge is 0.493 e. The number of carbonyl (C=O) groups is 1. The van der Waals surface area contributed by atoms with E-state index in [0.29, 0.717) is 28.7 Å².